The van der Waals surface area contributed by atoms with Crippen molar-refractivity contribution in [2.45, 2.75) is 328 Å². The standard InChI is InChI=1S/C69H129N2O7P/c1-7-10-13-16-19-22-25-27-29-31-32-33-34-35-36-37-38-40-41-43-46-49-52-55-58-61-68(72)70-66(65-77-79(74,75)76-64-63-71(4,5)6)67(60-57-54-51-48-45-24-21-18-15-12-9-3)78-69(73)62-59-56-53-50-47-44-42-39-30-28-26-23-20-17-14-11-8-2/h20,23,28,30,42,44,50,53,57,60,66-67H,7-19,21-22,24-27,29,31-41,43,45-49,51-52,54-56,58-59,61-65H2,1-6H3,(H-,70,72,74,75)/p+1/b23-20-,30-28-,44-42-,53-50-,60-57-. The summed E-state index contributed by atoms with van der Waals surface area (Å²) in [6.45, 7) is 6.98. The molecule has 0 aliphatic rings. The maximum atomic E-state index is 13.6. The second-order valence-electron chi connectivity index (χ2n) is 24.0. The van der Waals surface area contributed by atoms with Gasteiger partial charge in [0, 0.05) is 12.8 Å². The average Bonchev–Trinajstić information content (AvgIpc) is 3.41. The number of nitrogens with one attached hydrogen (secondary N) is 1. The number of carbonyl (C=O) groups is 2. The number of phosphoric ester groups is 1. The summed E-state index contributed by atoms with van der Waals surface area (Å²) in [5.74, 6) is -0.560. The second-order valence-corrected chi connectivity index (χ2v) is 25.5. The minimum Gasteiger partial charge on any atom is -0.456 e. The van der Waals surface area contributed by atoms with Gasteiger partial charge in [0.25, 0.3) is 0 Å². The fourth-order valence-electron chi connectivity index (χ4n) is 9.76. The van der Waals surface area contributed by atoms with Crippen molar-refractivity contribution < 1.29 is 37.3 Å². The van der Waals surface area contributed by atoms with E-state index < -0.39 is 20.0 Å². The fourth-order valence-corrected chi connectivity index (χ4v) is 10.5. The van der Waals surface area contributed by atoms with Gasteiger partial charge in [0.2, 0.25) is 5.91 Å². The molecule has 0 aliphatic carbocycles. The molecular weight excluding hydrogens is 1000 g/mol. The number of hydrogen-bond donors (Lipinski definition) is 2. The molecule has 0 aromatic carbocycles. The summed E-state index contributed by atoms with van der Waals surface area (Å²) < 4.78 is 30.7. The predicted octanol–water partition coefficient (Wildman–Crippen LogP) is 21.0. The number of hydrogen-bond acceptors (Lipinski definition) is 6. The number of amides is 1. The molecule has 3 atom stereocenters. The molecule has 2 N–H and O–H groups in total. The first-order valence-electron chi connectivity index (χ1n) is 33.6. The number of ether oxygens (including phenoxy) is 1. The zero-order valence-corrected chi connectivity index (χ0v) is 53.8. The quantitative estimate of drug-likeness (QED) is 0.0205. The van der Waals surface area contributed by atoms with Gasteiger partial charge in [0.15, 0.2) is 0 Å². The van der Waals surface area contributed by atoms with Crippen molar-refractivity contribution in [2.75, 3.05) is 40.9 Å². The smallest absolute Gasteiger partial charge is 0.456 e. The van der Waals surface area contributed by atoms with E-state index in [4.69, 9.17) is 13.8 Å². The number of likely N-dealkylation sites (N-methyl/N-ethyl adjacent to an activating group) is 1. The van der Waals surface area contributed by atoms with Gasteiger partial charge in [-0.1, -0.05) is 294 Å². The van der Waals surface area contributed by atoms with Crippen LogP contribution in [0, 0.1) is 0 Å². The first-order valence-corrected chi connectivity index (χ1v) is 35.1. The number of rotatable bonds is 61. The third-order valence-electron chi connectivity index (χ3n) is 15.0. The largest absolute Gasteiger partial charge is 0.472 e. The Morgan fingerprint density at radius 1 is 0.443 bits per heavy atom. The van der Waals surface area contributed by atoms with Gasteiger partial charge in [-0.15, -0.1) is 0 Å². The monoisotopic (exact) mass is 1130 g/mol. The van der Waals surface area contributed by atoms with Crippen LogP contribution < -0.4 is 5.32 Å². The van der Waals surface area contributed by atoms with E-state index in [1.165, 1.54) is 212 Å². The van der Waals surface area contributed by atoms with E-state index in [1.54, 1.807) is 0 Å². The number of unbranched alkanes of at least 4 members (excludes halogenated alkanes) is 37. The molecule has 0 bridgehead atoms. The molecule has 0 aliphatic heterocycles. The molecule has 462 valence electrons. The molecule has 79 heavy (non-hydrogen) atoms. The Labute approximate surface area is 490 Å². The highest BCUT2D eigenvalue weighted by molar-refractivity contribution is 7.47. The third kappa shape index (κ3) is 60.1. The topological polar surface area (TPSA) is 111 Å². The predicted molar refractivity (Wildman–Crippen MR) is 342 cm³/mol. The van der Waals surface area contributed by atoms with Crippen LogP contribution in [0.25, 0.3) is 0 Å². The van der Waals surface area contributed by atoms with Crippen LogP contribution in [-0.2, 0) is 27.9 Å². The maximum absolute atomic E-state index is 13.6. The summed E-state index contributed by atoms with van der Waals surface area (Å²) in [4.78, 5) is 37.7. The van der Waals surface area contributed by atoms with Gasteiger partial charge < -0.3 is 19.4 Å². The Hall–Kier alpha value is -2.29. The van der Waals surface area contributed by atoms with Crippen LogP contribution in [0.2, 0.25) is 0 Å². The van der Waals surface area contributed by atoms with Gasteiger partial charge in [-0.2, -0.15) is 0 Å². The maximum Gasteiger partial charge on any atom is 0.472 e. The van der Waals surface area contributed by atoms with Gasteiger partial charge in [-0.05, 0) is 70.3 Å². The van der Waals surface area contributed by atoms with E-state index in [-0.39, 0.29) is 31.5 Å². The lowest BCUT2D eigenvalue weighted by atomic mass is 10.0. The fraction of sp³-hybridized carbons (Fsp3) is 0.826. The van der Waals surface area contributed by atoms with Crippen LogP contribution in [0.1, 0.15) is 316 Å². The van der Waals surface area contributed by atoms with Crippen molar-refractivity contribution in [3.63, 3.8) is 0 Å². The minimum atomic E-state index is -4.46. The molecule has 0 heterocycles. The van der Waals surface area contributed by atoms with E-state index in [9.17, 15) is 19.0 Å². The van der Waals surface area contributed by atoms with Gasteiger partial charge in [0.1, 0.15) is 19.3 Å². The molecule has 0 aromatic heterocycles. The number of nitrogens with zero attached hydrogens (tertiary/aromatic N) is 1. The zero-order chi connectivity index (χ0) is 57.9. The molecular formula is C69H130N2O7P+. The number of phosphoric acid groups is 1. The average molecular weight is 1130 g/mol. The van der Waals surface area contributed by atoms with Crippen LogP contribution >= 0.6 is 7.82 Å². The SMILES string of the molecule is CCCCC/C=C\C/C=C\C/C=C\C/C=C\CCCC(=O)OC(/C=C\CCCCCCCCCCC)C(COP(=O)(O)OCC[N+](C)(C)C)NC(=O)CCCCCCCCCCCCCCCCCCCCCCCCCCC. The summed E-state index contributed by atoms with van der Waals surface area (Å²) in [6.07, 6.45) is 75.3. The van der Waals surface area contributed by atoms with Gasteiger partial charge in [-0.3, -0.25) is 18.6 Å². The molecule has 0 saturated heterocycles. The van der Waals surface area contributed by atoms with Crippen molar-refractivity contribution >= 4 is 19.7 Å². The van der Waals surface area contributed by atoms with Crippen molar-refractivity contribution in [3.8, 4) is 0 Å². The van der Waals surface area contributed by atoms with Crippen molar-refractivity contribution in [3.05, 3.63) is 60.8 Å². The van der Waals surface area contributed by atoms with E-state index in [0.29, 0.717) is 23.9 Å². The molecule has 9 nitrogen and oxygen atoms in total. The lowest BCUT2D eigenvalue weighted by Gasteiger charge is -2.27. The highest BCUT2D eigenvalue weighted by atomic mass is 31.2. The van der Waals surface area contributed by atoms with E-state index >= 15 is 0 Å². The molecule has 3 unspecified atom stereocenters. The van der Waals surface area contributed by atoms with Crippen molar-refractivity contribution in [1.82, 2.24) is 5.32 Å². The third-order valence-corrected chi connectivity index (χ3v) is 15.9. The first-order chi connectivity index (χ1) is 38.4. The summed E-state index contributed by atoms with van der Waals surface area (Å²) in [5, 5.41) is 3.05. The summed E-state index contributed by atoms with van der Waals surface area (Å²) in [7, 11) is 1.47. The Morgan fingerprint density at radius 2 is 0.785 bits per heavy atom. The minimum absolute atomic E-state index is 0.0321. The molecule has 0 rings (SSSR count). The Morgan fingerprint density at radius 3 is 1.20 bits per heavy atom. The Balaban J connectivity index is 5.09. The van der Waals surface area contributed by atoms with E-state index in [0.717, 1.165) is 64.2 Å². The van der Waals surface area contributed by atoms with E-state index in [2.05, 4.69) is 74.7 Å². The molecule has 0 fully saturated rings. The number of carbonyl (C=O) groups excluding carboxylic acids is 2. The molecule has 10 heteroatoms. The molecule has 0 saturated carbocycles. The van der Waals surface area contributed by atoms with Gasteiger partial charge in [0.05, 0.1) is 33.8 Å². The van der Waals surface area contributed by atoms with Crippen LogP contribution in [0.5, 0.6) is 0 Å². The molecule has 0 spiro atoms. The molecule has 0 aromatic rings. The summed E-state index contributed by atoms with van der Waals surface area (Å²) >= 11 is 0. The van der Waals surface area contributed by atoms with Crippen LogP contribution in [0.15, 0.2) is 60.8 Å². The highest BCUT2D eigenvalue weighted by Crippen LogP contribution is 2.43. The second kappa shape index (κ2) is 58.9. The Kier molecular flexibility index (Phi) is 57.2. The summed E-state index contributed by atoms with van der Waals surface area (Å²) in [6, 6.07) is -0.869. The summed E-state index contributed by atoms with van der Waals surface area (Å²) in [5.41, 5.74) is 0. The lowest BCUT2D eigenvalue weighted by Crippen LogP contribution is -2.47. The van der Waals surface area contributed by atoms with Crippen molar-refractivity contribution in [1.29, 1.82) is 0 Å². The highest BCUT2D eigenvalue weighted by Gasteiger charge is 2.30. The van der Waals surface area contributed by atoms with Gasteiger partial charge >= 0.3 is 13.8 Å². The van der Waals surface area contributed by atoms with E-state index in [1.807, 2.05) is 33.3 Å². The molecule has 1 amide bonds. The molecule has 0 radical (unpaired) electrons. The number of quaternary nitrogens is 1. The van der Waals surface area contributed by atoms with Crippen molar-refractivity contribution in [2.24, 2.45) is 0 Å². The van der Waals surface area contributed by atoms with Crippen LogP contribution in [0.3, 0.4) is 0 Å². The lowest BCUT2D eigenvalue weighted by molar-refractivity contribution is -0.870. The van der Waals surface area contributed by atoms with Crippen LogP contribution in [0.4, 0.5) is 0 Å². The van der Waals surface area contributed by atoms with Gasteiger partial charge in [-0.25, -0.2) is 4.57 Å². The number of esters is 1. The van der Waals surface area contributed by atoms with Crippen LogP contribution in [-0.4, -0.2) is 74.3 Å². The zero-order valence-electron chi connectivity index (χ0n) is 52.9. The number of allylic oxidation sites excluding steroid dienone is 9. The normalized spacial score (nSPS) is 14.0. The Bertz CT molecular complexity index is 1540. The first kappa shape index (κ1) is 76.7.